The van der Waals surface area contributed by atoms with Gasteiger partial charge in [-0.05, 0) is 6.42 Å². The zero-order valence-corrected chi connectivity index (χ0v) is 11.9. The Kier molecular flexibility index (Phi) is 4.10. The summed E-state index contributed by atoms with van der Waals surface area (Å²) >= 11 is 1.23. The third-order valence-corrected chi connectivity index (χ3v) is 3.54. The Morgan fingerprint density at radius 3 is 2.89 bits per heavy atom. The fourth-order valence-corrected chi connectivity index (χ4v) is 2.31. The van der Waals surface area contributed by atoms with E-state index in [2.05, 4.69) is 25.9 Å². The van der Waals surface area contributed by atoms with Crippen molar-refractivity contribution >= 4 is 22.4 Å². The van der Waals surface area contributed by atoms with E-state index in [1.807, 2.05) is 20.2 Å². The Hall–Kier alpha value is -1.96. The molecule has 0 saturated heterocycles. The summed E-state index contributed by atoms with van der Waals surface area (Å²) in [6.07, 6.45) is 2.76. The van der Waals surface area contributed by atoms with Gasteiger partial charge in [0, 0.05) is 32.4 Å². The Bertz CT molecular complexity index is 576. The van der Waals surface area contributed by atoms with Crippen LogP contribution in [-0.2, 0) is 20.0 Å². The molecule has 0 spiro atoms. The highest BCUT2D eigenvalue weighted by molar-refractivity contribution is 7.17. The fraction of sp³-hybridized carbons (Fsp3) is 0.455. The average Bonchev–Trinajstić information content (AvgIpc) is 3.01. The second-order valence-corrected chi connectivity index (χ2v) is 4.95. The van der Waals surface area contributed by atoms with Crippen LogP contribution in [0.15, 0.2) is 6.20 Å². The molecule has 0 fully saturated rings. The van der Waals surface area contributed by atoms with Crippen LogP contribution >= 0.6 is 11.3 Å². The maximum atomic E-state index is 11.9. The molecule has 0 aliphatic heterocycles. The minimum atomic E-state index is -0.218. The molecule has 0 unspecified atom stereocenters. The third kappa shape index (κ3) is 3.08. The zero-order chi connectivity index (χ0) is 13.8. The van der Waals surface area contributed by atoms with Crippen LogP contribution in [0.25, 0.3) is 0 Å². The van der Waals surface area contributed by atoms with Gasteiger partial charge in [0.25, 0.3) is 5.91 Å². The van der Waals surface area contributed by atoms with Gasteiger partial charge in [0.2, 0.25) is 10.1 Å². The van der Waals surface area contributed by atoms with E-state index in [-0.39, 0.29) is 5.91 Å². The predicted octanol–water partition coefficient (Wildman–Crippen LogP) is 0.806. The first kappa shape index (κ1) is 13.5. The van der Waals surface area contributed by atoms with Gasteiger partial charge in [0.05, 0.1) is 5.69 Å². The van der Waals surface area contributed by atoms with E-state index in [9.17, 15) is 4.79 Å². The minimum Gasteiger partial charge on any atom is -0.363 e. The molecule has 0 aromatic carbocycles. The van der Waals surface area contributed by atoms with Crippen LogP contribution in [0.1, 0.15) is 28.0 Å². The van der Waals surface area contributed by atoms with Crippen molar-refractivity contribution in [2.24, 2.45) is 7.05 Å². The van der Waals surface area contributed by atoms with Crippen molar-refractivity contribution < 1.29 is 4.79 Å². The lowest BCUT2D eigenvalue weighted by Crippen LogP contribution is -2.23. The molecule has 1 amide bonds. The smallest absolute Gasteiger partial charge is 0.282 e. The molecule has 102 valence electrons. The van der Waals surface area contributed by atoms with Gasteiger partial charge in [0.1, 0.15) is 0 Å². The molecule has 2 aromatic heterocycles. The van der Waals surface area contributed by atoms with Crippen molar-refractivity contribution in [2.75, 3.05) is 12.4 Å². The lowest BCUT2D eigenvalue weighted by molar-refractivity contribution is 0.0949. The molecule has 2 aromatic rings. The normalized spacial score (nSPS) is 10.5. The SMILES string of the molecule is CCc1nn(C)cc1CNC(=O)c1nnc(NC)s1. The lowest BCUT2D eigenvalue weighted by Gasteiger charge is -2.01. The number of nitrogens with one attached hydrogen (secondary N) is 2. The van der Waals surface area contributed by atoms with Gasteiger partial charge in [-0.3, -0.25) is 9.48 Å². The molecule has 0 radical (unpaired) electrons. The van der Waals surface area contributed by atoms with Crippen molar-refractivity contribution in [1.82, 2.24) is 25.3 Å². The molecular formula is C11H16N6OS. The van der Waals surface area contributed by atoms with Crippen molar-refractivity contribution in [2.45, 2.75) is 19.9 Å². The number of aryl methyl sites for hydroxylation is 2. The summed E-state index contributed by atoms with van der Waals surface area (Å²) in [6, 6.07) is 0. The van der Waals surface area contributed by atoms with Crippen LogP contribution in [0.5, 0.6) is 0 Å². The molecule has 7 nitrogen and oxygen atoms in total. The van der Waals surface area contributed by atoms with Crippen molar-refractivity contribution in [3.05, 3.63) is 22.5 Å². The van der Waals surface area contributed by atoms with Crippen LogP contribution in [0, 0.1) is 0 Å². The summed E-state index contributed by atoms with van der Waals surface area (Å²) in [5.74, 6) is -0.218. The number of rotatable bonds is 5. The van der Waals surface area contributed by atoms with E-state index in [0.29, 0.717) is 16.7 Å². The van der Waals surface area contributed by atoms with Crippen molar-refractivity contribution in [3.8, 4) is 0 Å². The van der Waals surface area contributed by atoms with Gasteiger partial charge in [-0.1, -0.05) is 18.3 Å². The summed E-state index contributed by atoms with van der Waals surface area (Å²) in [4.78, 5) is 11.9. The van der Waals surface area contributed by atoms with E-state index >= 15 is 0 Å². The first-order valence-corrected chi connectivity index (χ1v) is 6.76. The quantitative estimate of drug-likeness (QED) is 0.846. The third-order valence-electron chi connectivity index (χ3n) is 2.60. The number of amides is 1. The number of anilines is 1. The standard InChI is InChI=1S/C11H16N6OS/c1-4-8-7(6-17(3)16-8)5-13-9(18)10-14-15-11(12-2)19-10/h6H,4-5H2,1-3H3,(H,12,15)(H,13,18). The maximum Gasteiger partial charge on any atom is 0.282 e. The molecule has 2 rings (SSSR count). The average molecular weight is 280 g/mol. The van der Waals surface area contributed by atoms with Crippen LogP contribution in [0.3, 0.4) is 0 Å². The molecule has 0 saturated carbocycles. The molecule has 2 heterocycles. The number of carbonyl (C=O) groups is 1. The van der Waals surface area contributed by atoms with Gasteiger partial charge >= 0.3 is 0 Å². The van der Waals surface area contributed by atoms with E-state index in [0.717, 1.165) is 17.7 Å². The Labute approximate surface area is 115 Å². The molecular weight excluding hydrogens is 264 g/mol. The largest absolute Gasteiger partial charge is 0.363 e. The molecule has 0 atom stereocenters. The van der Waals surface area contributed by atoms with E-state index in [4.69, 9.17) is 0 Å². The molecule has 8 heteroatoms. The number of hydrogen-bond donors (Lipinski definition) is 2. The first-order valence-electron chi connectivity index (χ1n) is 5.95. The van der Waals surface area contributed by atoms with Gasteiger partial charge in [0.15, 0.2) is 0 Å². The summed E-state index contributed by atoms with van der Waals surface area (Å²) in [6.45, 7) is 2.49. The Morgan fingerprint density at radius 1 is 1.47 bits per heavy atom. The number of hydrogen-bond acceptors (Lipinski definition) is 6. The second kappa shape index (κ2) is 5.79. The molecule has 0 aliphatic carbocycles. The minimum absolute atomic E-state index is 0.218. The lowest BCUT2D eigenvalue weighted by atomic mass is 10.2. The number of aromatic nitrogens is 4. The van der Waals surface area contributed by atoms with Gasteiger partial charge in [-0.25, -0.2) is 0 Å². The second-order valence-electron chi connectivity index (χ2n) is 3.97. The first-order chi connectivity index (χ1) is 9.13. The summed E-state index contributed by atoms with van der Waals surface area (Å²) in [5.41, 5.74) is 2.02. The van der Waals surface area contributed by atoms with Crippen LogP contribution in [-0.4, -0.2) is 32.9 Å². The van der Waals surface area contributed by atoms with E-state index < -0.39 is 0 Å². The van der Waals surface area contributed by atoms with Crippen LogP contribution in [0.2, 0.25) is 0 Å². The number of carbonyl (C=O) groups excluding carboxylic acids is 1. The predicted molar refractivity (Wildman–Crippen MR) is 73.2 cm³/mol. The molecule has 0 bridgehead atoms. The van der Waals surface area contributed by atoms with Gasteiger partial charge in [-0.2, -0.15) is 5.10 Å². The van der Waals surface area contributed by atoms with E-state index in [1.54, 1.807) is 11.7 Å². The topological polar surface area (TPSA) is 84.7 Å². The van der Waals surface area contributed by atoms with Crippen molar-refractivity contribution in [1.29, 1.82) is 0 Å². The zero-order valence-electron chi connectivity index (χ0n) is 11.1. The maximum absolute atomic E-state index is 11.9. The van der Waals surface area contributed by atoms with Crippen LogP contribution in [0.4, 0.5) is 5.13 Å². The highest BCUT2D eigenvalue weighted by Gasteiger charge is 2.13. The summed E-state index contributed by atoms with van der Waals surface area (Å²) in [7, 11) is 3.61. The highest BCUT2D eigenvalue weighted by atomic mass is 32.1. The van der Waals surface area contributed by atoms with Crippen molar-refractivity contribution in [3.63, 3.8) is 0 Å². The Morgan fingerprint density at radius 2 is 2.26 bits per heavy atom. The highest BCUT2D eigenvalue weighted by Crippen LogP contribution is 2.14. The summed E-state index contributed by atoms with van der Waals surface area (Å²) in [5, 5.41) is 18.6. The van der Waals surface area contributed by atoms with Crippen LogP contribution < -0.4 is 10.6 Å². The molecule has 0 aliphatic rings. The van der Waals surface area contributed by atoms with E-state index in [1.165, 1.54) is 11.3 Å². The number of nitrogens with zero attached hydrogens (tertiary/aromatic N) is 4. The fourth-order valence-electron chi connectivity index (χ4n) is 1.70. The Balaban J connectivity index is 1.99. The molecule has 19 heavy (non-hydrogen) atoms. The van der Waals surface area contributed by atoms with Gasteiger partial charge in [-0.15, -0.1) is 10.2 Å². The van der Waals surface area contributed by atoms with Gasteiger partial charge < -0.3 is 10.6 Å². The molecule has 2 N–H and O–H groups in total. The monoisotopic (exact) mass is 280 g/mol. The summed E-state index contributed by atoms with van der Waals surface area (Å²) < 4.78 is 1.75.